The van der Waals surface area contributed by atoms with Crippen LogP contribution >= 0.6 is 23.2 Å². The average Bonchev–Trinajstić information content (AvgIpc) is 2.69. The lowest BCUT2D eigenvalue weighted by Crippen LogP contribution is -2.05. The zero-order valence-electron chi connectivity index (χ0n) is 14.7. The van der Waals surface area contributed by atoms with Gasteiger partial charge in [-0.3, -0.25) is 9.78 Å². The van der Waals surface area contributed by atoms with E-state index in [1.807, 2.05) is 36.4 Å². The van der Waals surface area contributed by atoms with Gasteiger partial charge in [-0.1, -0.05) is 53.5 Å². The van der Waals surface area contributed by atoms with Crippen molar-refractivity contribution >= 4 is 29.0 Å². The number of ketones is 1. The number of carbonyl (C=O) groups excluding carboxylic acids is 1. The lowest BCUT2D eigenvalue weighted by atomic mass is 10.0. The topological polar surface area (TPSA) is 39.2 Å². The number of pyridine rings is 1. The summed E-state index contributed by atoms with van der Waals surface area (Å²) in [4.78, 5) is 16.2. The molecule has 27 heavy (non-hydrogen) atoms. The molecule has 0 aliphatic heterocycles. The van der Waals surface area contributed by atoms with Gasteiger partial charge in [0.05, 0.1) is 5.02 Å². The number of ether oxygens (including phenoxy) is 1. The lowest BCUT2D eigenvalue weighted by molar-refractivity contribution is -0.118. The fraction of sp³-hybridized carbons (Fsp3) is 0.182. The smallest absolute Gasteiger partial charge is 0.139 e. The number of aromatic nitrogens is 1. The zero-order chi connectivity index (χ0) is 19.1. The fourth-order valence-electron chi connectivity index (χ4n) is 2.65. The van der Waals surface area contributed by atoms with Crippen molar-refractivity contribution in [1.82, 2.24) is 4.98 Å². The first-order valence-electron chi connectivity index (χ1n) is 8.66. The third-order valence-electron chi connectivity index (χ3n) is 4.13. The van der Waals surface area contributed by atoms with Crippen LogP contribution in [0.15, 0.2) is 67.0 Å². The van der Waals surface area contributed by atoms with Crippen molar-refractivity contribution < 1.29 is 9.53 Å². The molecule has 3 nitrogen and oxygen atoms in total. The van der Waals surface area contributed by atoms with Crippen LogP contribution in [0.2, 0.25) is 10.0 Å². The van der Waals surface area contributed by atoms with Gasteiger partial charge in [0.25, 0.3) is 0 Å². The fourth-order valence-corrected chi connectivity index (χ4v) is 2.98. The molecule has 0 unspecified atom stereocenters. The maximum absolute atomic E-state index is 12.2. The van der Waals surface area contributed by atoms with Crippen LogP contribution < -0.4 is 4.74 Å². The quantitative estimate of drug-likeness (QED) is 0.486. The third kappa shape index (κ3) is 6.09. The highest BCUT2D eigenvalue weighted by molar-refractivity contribution is 6.34. The van der Waals surface area contributed by atoms with Crippen LogP contribution in [0, 0.1) is 0 Å². The molecule has 0 atom stereocenters. The summed E-state index contributed by atoms with van der Waals surface area (Å²) >= 11 is 12.1. The molecule has 0 aliphatic rings. The average molecular weight is 400 g/mol. The van der Waals surface area contributed by atoms with Gasteiger partial charge in [0.15, 0.2) is 0 Å². The molecule has 0 bridgehead atoms. The Hall–Kier alpha value is -2.36. The molecular formula is C22H19Cl2NO2. The van der Waals surface area contributed by atoms with Gasteiger partial charge in [0, 0.05) is 36.3 Å². The van der Waals surface area contributed by atoms with Crippen LogP contribution in [0.3, 0.4) is 0 Å². The molecule has 0 N–H and O–H groups in total. The maximum atomic E-state index is 12.2. The number of halogens is 2. The minimum atomic E-state index is 0.216. The van der Waals surface area contributed by atoms with Crippen molar-refractivity contribution in [3.63, 3.8) is 0 Å². The standard InChI is InChI=1S/C22H19Cl2NO2/c23-19-8-10-21(24)22(13-19)27-15-18-5-3-16(4-6-18)12-20(26)9-7-17-2-1-11-25-14-17/h1-6,8,10-11,13-14H,7,9,12,15H2. The molecule has 0 fully saturated rings. The van der Waals surface area contributed by atoms with Crippen LogP contribution in [-0.4, -0.2) is 10.8 Å². The van der Waals surface area contributed by atoms with Gasteiger partial charge in [0.1, 0.15) is 18.1 Å². The van der Waals surface area contributed by atoms with E-state index in [9.17, 15) is 4.79 Å². The van der Waals surface area contributed by atoms with Crippen LogP contribution in [0.1, 0.15) is 23.1 Å². The molecule has 0 amide bonds. The second-order valence-corrected chi connectivity index (χ2v) is 7.10. The summed E-state index contributed by atoms with van der Waals surface area (Å²) in [5.74, 6) is 0.771. The van der Waals surface area contributed by atoms with Crippen LogP contribution in [0.4, 0.5) is 0 Å². The van der Waals surface area contributed by atoms with E-state index < -0.39 is 0 Å². The molecule has 138 valence electrons. The number of carbonyl (C=O) groups is 1. The summed E-state index contributed by atoms with van der Waals surface area (Å²) in [6.07, 6.45) is 5.20. The van der Waals surface area contributed by atoms with Crippen molar-refractivity contribution in [1.29, 1.82) is 0 Å². The summed E-state index contributed by atoms with van der Waals surface area (Å²) in [5.41, 5.74) is 3.08. The molecule has 3 rings (SSSR count). The van der Waals surface area contributed by atoms with Crippen molar-refractivity contribution in [2.45, 2.75) is 25.9 Å². The number of rotatable bonds is 8. The number of hydrogen-bond acceptors (Lipinski definition) is 3. The number of aryl methyl sites for hydroxylation is 1. The number of hydrogen-bond donors (Lipinski definition) is 0. The first-order valence-corrected chi connectivity index (χ1v) is 9.42. The maximum Gasteiger partial charge on any atom is 0.139 e. The Kier molecular flexibility index (Phi) is 6.86. The molecule has 3 aromatic rings. The van der Waals surface area contributed by atoms with Gasteiger partial charge in [-0.2, -0.15) is 0 Å². The highest BCUT2D eigenvalue weighted by Gasteiger charge is 2.06. The first kappa shape index (κ1) is 19.4. The van der Waals surface area contributed by atoms with E-state index in [0.29, 0.717) is 35.2 Å². The molecule has 0 spiro atoms. The number of Topliss-reactive ketones (excluding diaryl/α,β-unsaturated/α-hetero) is 1. The van der Waals surface area contributed by atoms with E-state index in [-0.39, 0.29) is 5.78 Å². The minimum Gasteiger partial charge on any atom is -0.487 e. The summed E-state index contributed by atoms with van der Waals surface area (Å²) in [5, 5.41) is 1.10. The highest BCUT2D eigenvalue weighted by Crippen LogP contribution is 2.28. The lowest BCUT2D eigenvalue weighted by Gasteiger charge is -2.09. The van der Waals surface area contributed by atoms with Crippen LogP contribution in [0.25, 0.3) is 0 Å². The first-order chi connectivity index (χ1) is 13.1. The molecule has 1 aromatic heterocycles. The molecule has 0 aliphatic carbocycles. The molecule has 0 saturated carbocycles. The van der Waals surface area contributed by atoms with Crippen LogP contribution in [0.5, 0.6) is 5.75 Å². The highest BCUT2D eigenvalue weighted by atomic mass is 35.5. The number of nitrogens with zero attached hydrogens (tertiary/aromatic N) is 1. The zero-order valence-corrected chi connectivity index (χ0v) is 16.2. The monoisotopic (exact) mass is 399 g/mol. The molecular weight excluding hydrogens is 381 g/mol. The molecule has 2 aromatic carbocycles. The Morgan fingerprint density at radius 2 is 1.74 bits per heavy atom. The van der Waals surface area contributed by atoms with Gasteiger partial charge < -0.3 is 4.74 Å². The third-order valence-corrected chi connectivity index (χ3v) is 4.67. The number of benzene rings is 2. The normalized spacial score (nSPS) is 10.6. The Labute approximate surface area is 168 Å². The van der Waals surface area contributed by atoms with Crippen molar-refractivity contribution in [3.8, 4) is 5.75 Å². The predicted molar refractivity (Wildman–Crippen MR) is 109 cm³/mol. The van der Waals surface area contributed by atoms with E-state index in [4.69, 9.17) is 27.9 Å². The van der Waals surface area contributed by atoms with Crippen molar-refractivity contribution in [3.05, 3.63) is 93.7 Å². The van der Waals surface area contributed by atoms with Crippen molar-refractivity contribution in [2.75, 3.05) is 0 Å². The second-order valence-electron chi connectivity index (χ2n) is 6.26. The Morgan fingerprint density at radius 3 is 2.48 bits per heavy atom. The Balaban J connectivity index is 1.49. The largest absolute Gasteiger partial charge is 0.487 e. The summed E-state index contributed by atoms with van der Waals surface area (Å²) < 4.78 is 5.72. The van der Waals surface area contributed by atoms with E-state index in [1.54, 1.807) is 30.6 Å². The molecule has 5 heteroatoms. The van der Waals surface area contributed by atoms with E-state index in [2.05, 4.69) is 4.98 Å². The molecule has 0 radical (unpaired) electrons. The Morgan fingerprint density at radius 1 is 0.963 bits per heavy atom. The van der Waals surface area contributed by atoms with Gasteiger partial charge >= 0.3 is 0 Å². The SMILES string of the molecule is O=C(CCc1cccnc1)Cc1ccc(COc2cc(Cl)ccc2Cl)cc1. The van der Waals surface area contributed by atoms with E-state index >= 15 is 0 Å². The molecule has 1 heterocycles. The minimum absolute atomic E-state index is 0.216. The predicted octanol–water partition coefficient (Wildman–Crippen LogP) is 5.71. The van der Waals surface area contributed by atoms with Gasteiger partial charge in [-0.15, -0.1) is 0 Å². The van der Waals surface area contributed by atoms with Crippen molar-refractivity contribution in [2.24, 2.45) is 0 Å². The van der Waals surface area contributed by atoms with Crippen LogP contribution in [-0.2, 0) is 24.2 Å². The summed E-state index contributed by atoms with van der Waals surface area (Å²) in [6, 6.07) is 16.8. The van der Waals surface area contributed by atoms with Gasteiger partial charge in [-0.05, 0) is 41.3 Å². The van der Waals surface area contributed by atoms with Gasteiger partial charge in [0.2, 0.25) is 0 Å². The molecule has 0 saturated heterocycles. The van der Waals surface area contributed by atoms with E-state index in [1.165, 1.54) is 0 Å². The van der Waals surface area contributed by atoms with E-state index in [0.717, 1.165) is 23.1 Å². The Bertz CT molecular complexity index is 896. The second kappa shape index (κ2) is 9.54. The summed E-state index contributed by atoms with van der Waals surface area (Å²) in [6.45, 7) is 0.384. The van der Waals surface area contributed by atoms with Gasteiger partial charge in [-0.25, -0.2) is 0 Å². The summed E-state index contributed by atoms with van der Waals surface area (Å²) in [7, 11) is 0.